The van der Waals surface area contributed by atoms with E-state index in [9.17, 15) is 9.90 Å². The molecule has 0 heterocycles. The molecule has 0 aliphatic heterocycles. The van der Waals surface area contributed by atoms with Gasteiger partial charge in [0.15, 0.2) is 0 Å². The predicted molar refractivity (Wildman–Crippen MR) is 69.7 cm³/mol. The largest absolute Gasteiger partial charge is 0.463 e. The predicted octanol–water partition coefficient (Wildman–Crippen LogP) is 3.15. The van der Waals surface area contributed by atoms with Gasteiger partial charge in [-0.1, -0.05) is 34.6 Å². The van der Waals surface area contributed by atoms with Crippen molar-refractivity contribution in [3.05, 3.63) is 0 Å². The Balaban J connectivity index is 4.48. The fraction of sp³-hybridized carbons (Fsp3) is 0.929. The monoisotopic (exact) mass is 244 g/mol. The minimum absolute atomic E-state index is 0.0904. The van der Waals surface area contributed by atoms with Crippen molar-refractivity contribution in [2.45, 2.75) is 66.9 Å². The molecule has 0 aromatic rings. The standard InChI is InChI=1S/C14H28O3/c1-7-11(15)9-17-12(16)14(6,8-2)10-13(3,4)5/h11,15H,7-10H2,1-6H3. The summed E-state index contributed by atoms with van der Waals surface area (Å²) in [5.74, 6) is -0.192. The van der Waals surface area contributed by atoms with Crippen molar-refractivity contribution in [2.75, 3.05) is 6.61 Å². The third-order valence-corrected chi connectivity index (χ3v) is 3.07. The molecule has 0 aromatic carbocycles. The molecule has 3 nitrogen and oxygen atoms in total. The number of ether oxygens (including phenoxy) is 1. The molecule has 0 fully saturated rings. The van der Waals surface area contributed by atoms with Gasteiger partial charge in [0.2, 0.25) is 0 Å². The molecule has 17 heavy (non-hydrogen) atoms. The third kappa shape index (κ3) is 6.06. The molecular weight excluding hydrogens is 216 g/mol. The van der Waals surface area contributed by atoms with Gasteiger partial charge in [0.25, 0.3) is 0 Å². The van der Waals surface area contributed by atoms with Crippen molar-refractivity contribution in [1.82, 2.24) is 0 Å². The first-order valence-electron chi connectivity index (χ1n) is 6.50. The Labute approximate surface area is 106 Å². The number of aliphatic hydroxyl groups is 1. The van der Waals surface area contributed by atoms with Gasteiger partial charge < -0.3 is 9.84 Å². The lowest BCUT2D eigenvalue weighted by Gasteiger charge is -2.33. The van der Waals surface area contributed by atoms with Gasteiger partial charge in [-0.3, -0.25) is 4.79 Å². The van der Waals surface area contributed by atoms with E-state index in [0.717, 1.165) is 12.8 Å². The summed E-state index contributed by atoms with van der Waals surface area (Å²) < 4.78 is 5.21. The highest BCUT2D eigenvalue weighted by molar-refractivity contribution is 5.76. The van der Waals surface area contributed by atoms with Crippen LogP contribution in [0.5, 0.6) is 0 Å². The van der Waals surface area contributed by atoms with Crippen molar-refractivity contribution in [1.29, 1.82) is 0 Å². The van der Waals surface area contributed by atoms with Gasteiger partial charge in [-0.25, -0.2) is 0 Å². The summed E-state index contributed by atoms with van der Waals surface area (Å²) in [5.41, 5.74) is -0.362. The Morgan fingerprint density at radius 2 is 1.76 bits per heavy atom. The summed E-state index contributed by atoms with van der Waals surface area (Å²) in [6.45, 7) is 12.3. The number of hydrogen-bond donors (Lipinski definition) is 1. The number of rotatable bonds is 6. The molecule has 0 radical (unpaired) electrons. The molecule has 0 bridgehead atoms. The quantitative estimate of drug-likeness (QED) is 0.730. The third-order valence-electron chi connectivity index (χ3n) is 3.07. The molecule has 1 N–H and O–H groups in total. The maximum absolute atomic E-state index is 12.1. The van der Waals surface area contributed by atoms with Gasteiger partial charge in [-0.2, -0.15) is 0 Å². The summed E-state index contributed by atoms with van der Waals surface area (Å²) >= 11 is 0. The van der Waals surface area contributed by atoms with Crippen molar-refractivity contribution in [2.24, 2.45) is 10.8 Å². The number of hydrogen-bond acceptors (Lipinski definition) is 3. The van der Waals surface area contributed by atoms with Gasteiger partial charge in [0.05, 0.1) is 11.5 Å². The van der Waals surface area contributed by atoms with Crippen LogP contribution in [0.1, 0.15) is 60.8 Å². The first-order valence-corrected chi connectivity index (χ1v) is 6.50. The zero-order chi connectivity index (χ0) is 13.7. The number of carbonyl (C=O) groups excluding carboxylic acids is 1. The summed E-state index contributed by atoms with van der Waals surface area (Å²) in [7, 11) is 0. The highest BCUT2D eigenvalue weighted by atomic mass is 16.5. The highest BCUT2D eigenvalue weighted by Gasteiger charge is 2.37. The van der Waals surface area contributed by atoms with E-state index in [4.69, 9.17) is 4.74 Å². The number of carbonyl (C=O) groups is 1. The van der Waals surface area contributed by atoms with Gasteiger partial charge in [-0.15, -0.1) is 0 Å². The topological polar surface area (TPSA) is 46.5 Å². The molecule has 0 aromatic heterocycles. The molecule has 0 aliphatic carbocycles. The van der Waals surface area contributed by atoms with Gasteiger partial charge in [0.1, 0.15) is 6.61 Å². The van der Waals surface area contributed by atoms with E-state index >= 15 is 0 Å². The van der Waals surface area contributed by atoms with E-state index in [0.29, 0.717) is 6.42 Å². The first-order chi connectivity index (χ1) is 7.64. The molecule has 102 valence electrons. The maximum atomic E-state index is 12.1. The Morgan fingerprint density at radius 1 is 1.24 bits per heavy atom. The van der Waals surface area contributed by atoms with E-state index in [2.05, 4.69) is 20.8 Å². The summed E-state index contributed by atoms with van der Waals surface area (Å²) in [6.07, 6.45) is 1.60. The van der Waals surface area contributed by atoms with E-state index in [1.165, 1.54) is 0 Å². The van der Waals surface area contributed by atoms with Crippen LogP contribution < -0.4 is 0 Å². The highest BCUT2D eigenvalue weighted by Crippen LogP contribution is 2.37. The fourth-order valence-electron chi connectivity index (χ4n) is 1.98. The van der Waals surface area contributed by atoms with Crippen molar-refractivity contribution in [3.8, 4) is 0 Å². The molecule has 0 spiro atoms. The SMILES string of the molecule is CCC(O)COC(=O)C(C)(CC)CC(C)(C)C. The lowest BCUT2D eigenvalue weighted by molar-refractivity contribution is -0.160. The molecular formula is C14H28O3. The van der Waals surface area contributed by atoms with E-state index < -0.39 is 11.5 Å². The molecule has 2 unspecified atom stereocenters. The average Bonchev–Trinajstić information content (AvgIpc) is 2.22. The first kappa shape index (κ1) is 16.4. The Bertz CT molecular complexity index is 242. The Hall–Kier alpha value is -0.570. The van der Waals surface area contributed by atoms with Gasteiger partial charge in [-0.05, 0) is 31.6 Å². The van der Waals surface area contributed by atoms with Crippen molar-refractivity contribution in [3.63, 3.8) is 0 Å². The van der Waals surface area contributed by atoms with Crippen molar-refractivity contribution < 1.29 is 14.6 Å². The lowest BCUT2D eigenvalue weighted by atomic mass is 9.73. The van der Waals surface area contributed by atoms with Crippen LogP contribution in [0, 0.1) is 10.8 Å². The normalized spacial score (nSPS) is 17.4. The van der Waals surface area contributed by atoms with Crippen LogP contribution in [0.3, 0.4) is 0 Å². The van der Waals surface area contributed by atoms with Crippen LogP contribution in [0.4, 0.5) is 0 Å². The zero-order valence-electron chi connectivity index (χ0n) is 12.2. The summed E-state index contributed by atoms with van der Waals surface area (Å²) in [6, 6.07) is 0. The Morgan fingerprint density at radius 3 is 2.12 bits per heavy atom. The minimum atomic E-state index is -0.547. The molecule has 0 aliphatic rings. The van der Waals surface area contributed by atoms with Crippen LogP contribution in [0.2, 0.25) is 0 Å². The molecule has 3 heteroatoms. The van der Waals surface area contributed by atoms with Gasteiger partial charge in [0, 0.05) is 0 Å². The molecule has 0 saturated carbocycles. The minimum Gasteiger partial charge on any atom is -0.463 e. The lowest BCUT2D eigenvalue weighted by Crippen LogP contribution is -2.35. The number of esters is 1. The average molecular weight is 244 g/mol. The summed E-state index contributed by atoms with van der Waals surface area (Å²) in [5, 5.41) is 9.40. The smallest absolute Gasteiger partial charge is 0.311 e. The second-order valence-electron chi connectivity index (χ2n) is 6.31. The Kier molecular flexibility index (Phi) is 6.17. The zero-order valence-corrected chi connectivity index (χ0v) is 12.2. The maximum Gasteiger partial charge on any atom is 0.311 e. The van der Waals surface area contributed by atoms with E-state index in [1.807, 2.05) is 20.8 Å². The molecule has 0 rings (SSSR count). The second-order valence-corrected chi connectivity index (χ2v) is 6.31. The van der Waals surface area contributed by atoms with Crippen LogP contribution in [0.15, 0.2) is 0 Å². The second kappa shape index (κ2) is 6.39. The van der Waals surface area contributed by atoms with Crippen LogP contribution in [0.25, 0.3) is 0 Å². The van der Waals surface area contributed by atoms with E-state index in [-0.39, 0.29) is 18.0 Å². The van der Waals surface area contributed by atoms with Gasteiger partial charge >= 0.3 is 5.97 Å². The summed E-state index contributed by atoms with van der Waals surface area (Å²) in [4.78, 5) is 12.1. The fourth-order valence-corrected chi connectivity index (χ4v) is 1.98. The number of aliphatic hydroxyl groups excluding tert-OH is 1. The molecule has 2 atom stereocenters. The van der Waals surface area contributed by atoms with Crippen LogP contribution >= 0.6 is 0 Å². The van der Waals surface area contributed by atoms with Crippen molar-refractivity contribution >= 4 is 5.97 Å². The molecule has 0 saturated heterocycles. The van der Waals surface area contributed by atoms with E-state index in [1.54, 1.807) is 0 Å². The molecule has 0 amide bonds. The van der Waals surface area contributed by atoms with Crippen LogP contribution in [-0.4, -0.2) is 23.8 Å². The van der Waals surface area contributed by atoms with Crippen LogP contribution in [-0.2, 0) is 9.53 Å².